The zero-order valence-electron chi connectivity index (χ0n) is 18.5. The maximum atomic E-state index is 12.8. The van der Waals surface area contributed by atoms with Crippen LogP contribution in [-0.4, -0.2) is 46.4 Å². The molecule has 0 radical (unpaired) electrons. The predicted molar refractivity (Wildman–Crippen MR) is 118 cm³/mol. The maximum absolute atomic E-state index is 12.8. The Morgan fingerprint density at radius 3 is 2.53 bits per heavy atom. The lowest BCUT2D eigenvalue weighted by Gasteiger charge is -2.38. The first-order valence-corrected chi connectivity index (χ1v) is 10.7. The zero-order valence-corrected chi connectivity index (χ0v) is 18.5. The van der Waals surface area contributed by atoms with E-state index in [2.05, 4.69) is 9.97 Å². The van der Waals surface area contributed by atoms with Crippen molar-refractivity contribution in [3.8, 4) is 11.8 Å². The Hall–Kier alpha value is -3.65. The Morgan fingerprint density at radius 1 is 1.15 bits per heavy atom. The largest absolute Gasteiger partial charge is 0.488 e. The molecule has 0 unspecified atom stereocenters. The standard InChI is InChI=1S/C23H22F3N5O3/c1-3-33-19-13-31(11-10-18(19)34-16-7-4-14(5-8-16)23(24,25)26)21-20-17(30(2)22(32)29-21)9-6-15(12-27)28-20/h4-9,18-19H,3,10-11,13H2,1-2H3/t18-,19-/m0/s1. The summed E-state index contributed by atoms with van der Waals surface area (Å²) in [5.74, 6) is 0.668. The van der Waals surface area contributed by atoms with Crippen molar-refractivity contribution in [2.24, 2.45) is 7.05 Å². The van der Waals surface area contributed by atoms with Crippen LogP contribution in [0.25, 0.3) is 11.0 Å². The van der Waals surface area contributed by atoms with Gasteiger partial charge in [0.1, 0.15) is 35.2 Å². The molecule has 0 amide bonds. The van der Waals surface area contributed by atoms with Crippen molar-refractivity contribution in [1.82, 2.24) is 14.5 Å². The Bertz CT molecular complexity index is 1280. The van der Waals surface area contributed by atoms with E-state index in [1.165, 1.54) is 16.7 Å². The number of pyridine rings is 1. The summed E-state index contributed by atoms with van der Waals surface area (Å²) in [4.78, 5) is 22.9. The SMILES string of the molecule is CCO[C@H]1CN(c2nc(=O)n(C)c3ccc(C#N)nc23)CC[C@@H]1Oc1ccc(C(F)(F)F)cc1. The Kier molecular flexibility index (Phi) is 6.43. The molecule has 1 aromatic carbocycles. The van der Waals surface area contributed by atoms with Crippen LogP contribution in [-0.2, 0) is 18.0 Å². The molecular weight excluding hydrogens is 451 g/mol. The summed E-state index contributed by atoms with van der Waals surface area (Å²) in [5, 5.41) is 9.26. The van der Waals surface area contributed by atoms with Crippen LogP contribution < -0.4 is 15.3 Å². The van der Waals surface area contributed by atoms with Crippen LogP contribution in [0.3, 0.4) is 0 Å². The third kappa shape index (κ3) is 4.68. The van der Waals surface area contributed by atoms with Crippen molar-refractivity contribution in [1.29, 1.82) is 5.26 Å². The summed E-state index contributed by atoms with van der Waals surface area (Å²) in [6, 6.07) is 9.75. The molecule has 3 heterocycles. The normalized spacial score (nSPS) is 18.6. The fraction of sp³-hybridized carbons (Fsp3) is 0.391. The lowest BCUT2D eigenvalue weighted by molar-refractivity contribution is -0.137. The van der Waals surface area contributed by atoms with Gasteiger partial charge in [-0.05, 0) is 43.3 Å². The molecule has 2 aromatic heterocycles. The molecule has 4 rings (SSSR count). The number of benzene rings is 1. The van der Waals surface area contributed by atoms with Crippen LogP contribution in [0, 0.1) is 11.3 Å². The second-order valence-corrected chi connectivity index (χ2v) is 7.86. The van der Waals surface area contributed by atoms with E-state index in [4.69, 9.17) is 9.47 Å². The summed E-state index contributed by atoms with van der Waals surface area (Å²) in [7, 11) is 1.59. The number of rotatable bonds is 5. The minimum absolute atomic E-state index is 0.205. The van der Waals surface area contributed by atoms with Gasteiger partial charge in [-0.25, -0.2) is 9.78 Å². The number of piperidine rings is 1. The van der Waals surface area contributed by atoms with Crippen LogP contribution >= 0.6 is 0 Å². The van der Waals surface area contributed by atoms with Gasteiger partial charge in [0.05, 0.1) is 11.1 Å². The fourth-order valence-corrected chi connectivity index (χ4v) is 3.98. The number of aromatic nitrogens is 3. The van der Waals surface area contributed by atoms with Gasteiger partial charge in [0.15, 0.2) is 5.82 Å². The van der Waals surface area contributed by atoms with Gasteiger partial charge in [-0.3, -0.25) is 4.57 Å². The topological polar surface area (TPSA) is 93.3 Å². The second kappa shape index (κ2) is 9.30. The van der Waals surface area contributed by atoms with Crippen LogP contribution in [0.4, 0.5) is 19.0 Å². The van der Waals surface area contributed by atoms with E-state index in [1.807, 2.05) is 17.9 Å². The summed E-state index contributed by atoms with van der Waals surface area (Å²) in [6.07, 6.45) is -4.78. The number of anilines is 1. The van der Waals surface area contributed by atoms with E-state index in [9.17, 15) is 23.2 Å². The summed E-state index contributed by atoms with van der Waals surface area (Å²) in [5.41, 5.74) is -0.0198. The third-order valence-corrected chi connectivity index (χ3v) is 5.70. The van der Waals surface area contributed by atoms with Gasteiger partial charge in [-0.2, -0.15) is 23.4 Å². The van der Waals surface area contributed by atoms with E-state index in [1.54, 1.807) is 19.2 Å². The number of aryl methyl sites for hydroxylation is 1. The molecule has 0 spiro atoms. The van der Waals surface area contributed by atoms with Crippen LogP contribution in [0.1, 0.15) is 24.6 Å². The molecule has 0 aliphatic carbocycles. The van der Waals surface area contributed by atoms with Crippen molar-refractivity contribution >= 4 is 16.9 Å². The number of hydrogen-bond donors (Lipinski definition) is 0. The smallest absolute Gasteiger partial charge is 0.416 e. The fourth-order valence-electron chi connectivity index (χ4n) is 3.98. The maximum Gasteiger partial charge on any atom is 0.416 e. The highest BCUT2D eigenvalue weighted by atomic mass is 19.4. The summed E-state index contributed by atoms with van der Waals surface area (Å²) in [6.45, 7) is 3.00. The van der Waals surface area contributed by atoms with Crippen LogP contribution in [0.15, 0.2) is 41.2 Å². The Balaban J connectivity index is 1.60. The first-order valence-electron chi connectivity index (χ1n) is 10.7. The minimum Gasteiger partial charge on any atom is -0.488 e. The van der Waals surface area contributed by atoms with E-state index < -0.39 is 29.6 Å². The Labute approximate surface area is 193 Å². The highest BCUT2D eigenvalue weighted by Gasteiger charge is 2.34. The number of halogens is 3. The molecule has 1 saturated heterocycles. The van der Waals surface area contributed by atoms with Crippen molar-refractivity contribution in [3.05, 3.63) is 58.1 Å². The van der Waals surface area contributed by atoms with Crippen molar-refractivity contribution in [3.63, 3.8) is 0 Å². The molecular formula is C23H22F3N5O3. The number of fused-ring (bicyclic) bond motifs is 1. The molecule has 0 N–H and O–H groups in total. The number of nitriles is 1. The van der Waals surface area contributed by atoms with E-state index in [0.717, 1.165) is 12.1 Å². The van der Waals surface area contributed by atoms with Crippen LogP contribution in [0.5, 0.6) is 5.75 Å². The average Bonchev–Trinajstić information content (AvgIpc) is 2.82. The summed E-state index contributed by atoms with van der Waals surface area (Å²) < 4.78 is 51.7. The quantitative estimate of drug-likeness (QED) is 0.561. The van der Waals surface area contributed by atoms with Gasteiger partial charge >= 0.3 is 11.9 Å². The number of alkyl halides is 3. The molecule has 0 bridgehead atoms. The number of nitrogens with zero attached hydrogens (tertiary/aromatic N) is 5. The van der Waals surface area contributed by atoms with E-state index >= 15 is 0 Å². The van der Waals surface area contributed by atoms with Gasteiger partial charge in [-0.1, -0.05) is 0 Å². The average molecular weight is 473 g/mol. The van der Waals surface area contributed by atoms with Crippen LogP contribution in [0.2, 0.25) is 0 Å². The van der Waals surface area contributed by atoms with Gasteiger partial charge < -0.3 is 14.4 Å². The molecule has 2 atom stereocenters. The molecule has 8 nitrogen and oxygen atoms in total. The van der Waals surface area contributed by atoms with Gasteiger partial charge in [0.2, 0.25) is 0 Å². The molecule has 3 aromatic rings. The monoisotopic (exact) mass is 473 g/mol. The van der Waals surface area contributed by atoms with Crippen molar-refractivity contribution in [2.75, 3.05) is 24.6 Å². The predicted octanol–water partition coefficient (Wildman–Crippen LogP) is 3.28. The molecule has 0 saturated carbocycles. The van der Waals surface area contributed by atoms with Gasteiger partial charge in [0.25, 0.3) is 0 Å². The van der Waals surface area contributed by atoms with Crippen molar-refractivity contribution < 1.29 is 22.6 Å². The zero-order chi connectivity index (χ0) is 24.5. The number of ether oxygens (including phenoxy) is 2. The van der Waals surface area contributed by atoms with Crippen molar-refractivity contribution in [2.45, 2.75) is 31.7 Å². The molecule has 178 valence electrons. The number of hydrogen-bond acceptors (Lipinski definition) is 7. The molecule has 1 aliphatic rings. The highest BCUT2D eigenvalue weighted by molar-refractivity contribution is 5.86. The van der Waals surface area contributed by atoms with E-state index in [-0.39, 0.29) is 5.69 Å². The minimum atomic E-state index is -4.42. The molecule has 1 aliphatic heterocycles. The van der Waals surface area contributed by atoms with E-state index in [0.29, 0.717) is 48.7 Å². The summed E-state index contributed by atoms with van der Waals surface area (Å²) >= 11 is 0. The third-order valence-electron chi connectivity index (χ3n) is 5.70. The first-order chi connectivity index (χ1) is 16.2. The van der Waals surface area contributed by atoms with Gasteiger partial charge in [0, 0.05) is 33.2 Å². The lowest BCUT2D eigenvalue weighted by atomic mass is 10.0. The van der Waals surface area contributed by atoms with Gasteiger partial charge in [-0.15, -0.1) is 0 Å². The highest BCUT2D eigenvalue weighted by Crippen LogP contribution is 2.32. The molecule has 1 fully saturated rings. The molecule has 11 heteroatoms. The molecule has 34 heavy (non-hydrogen) atoms. The Morgan fingerprint density at radius 2 is 1.88 bits per heavy atom. The lowest BCUT2D eigenvalue weighted by Crippen LogP contribution is -2.51. The second-order valence-electron chi connectivity index (χ2n) is 7.86. The first kappa shape index (κ1) is 23.5.